The topological polar surface area (TPSA) is 88.9 Å². The maximum atomic E-state index is 12.1. The number of carbonyl (C=O) groups excluding carboxylic acids is 2. The molecule has 0 spiro atoms. The minimum atomic E-state index is -0.545. The van der Waals surface area contributed by atoms with Crippen LogP contribution in [0.25, 0.3) is 0 Å². The van der Waals surface area contributed by atoms with Crippen LogP contribution in [0.1, 0.15) is 16.0 Å². The Balaban J connectivity index is 1.46. The Bertz CT molecular complexity index is 953. The van der Waals surface area contributed by atoms with Gasteiger partial charge in [0.15, 0.2) is 5.16 Å². The highest BCUT2D eigenvalue weighted by atomic mass is 32.2. The molecule has 2 N–H and O–H groups in total. The quantitative estimate of drug-likeness (QED) is 0.575. The van der Waals surface area contributed by atoms with Gasteiger partial charge >= 0.3 is 6.03 Å². The molecule has 0 fully saturated rings. The molecule has 0 aliphatic rings. The van der Waals surface area contributed by atoms with Gasteiger partial charge in [-0.3, -0.25) is 10.1 Å². The SMILES string of the molecule is Cc1ccc(NC(=O)NC(=O)CSc2nncn2CCc2cccs2)c(C)c1. The summed E-state index contributed by atoms with van der Waals surface area (Å²) in [4.78, 5) is 25.4. The number of hydrogen-bond donors (Lipinski definition) is 2. The van der Waals surface area contributed by atoms with Crippen LogP contribution in [0, 0.1) is 13.8 Å². The number of rotatable bonds is 7. The van der Waals surface area contributed by atoms with E-state index in [4.69, 9.17) is 0 Å². The second-order valence-corrected chi connectivity index (χ2v) is 8.22. The lowest BCUT2D eigenvalue weighted by atomic mass is 10.1. The minimum absolute atomic E-state index is 0.0813. The number of hydrogen-bond acceptors (Lipinski definition) is 6. The van der Waals surface area contributed by atoms with Crippen LogP contribution in [0.4, 0.5) is 10.5 Å². The summed E-state index contributed by atoms with van der Waals surface area (Å²) in [5, 5.41) is 15.7. The predicted octanol–water partition coefficient (Wildman–Crippen LogP) is 3.64. The largest absolute Gasteiger partial charge is 0.325 e. The molecular formula is C19H21N5O2S2. The highest BCUT2D eigenvalue weighted by molar-refractivity contribution is 7.99. The van der Waals surface area contributed by atoms with Gasteiger partial charge < -0.3 is 9.88 Å². The maximum Gasteiger partial charge on any atom is 0.325 e. The van der Waals surface area contributed by atoms with E-state index in [1.54, 1.807) is 17.7 Å². The van der Waals surface area contributed by atoms with Crippen LogP contribution < -0.4 is 10.6 Å². The molecular weight excluding hydrogens is 394 g/mol. The van der Waals surface area contributed by atoms with Gasteiger partial charge in [0.2, 0.25) is 5.91 Å². The number of aryl methyl sites for hydroxylation is 4. The molecule has 3 aromatic rings. The normalized spacial score (nSPS) is 10.6. The summed E-state index contributed by atoms with van der Waals surface area (Å²) in [6, 6.07) is 9.26. The van der Waals surface area contributed by atoms with Crippen molar-refractivity contribution in [2.75, 3.05) is 11.1 Å². The first-order valence-electron chi connectivity index (χ1n) is 8.72. The Labute approximate surface area is 171 Å². The third kappa shape index (κ3) is 5.67. The molecule has 2 heterocycles. The Morgan fingerprint density at radius 2 is 2.11 bits per heavy atom. The number of thioether (sulfide) groups is 1. The predicted molar refractivity (Wildman–Crippen MR) is 112 cm³/mol. The third-order valence-corrected chi connectivity index (χ3v) is 5.89. The van der Waals surface area contributed by atoms with Crippen molar-refractivity contribution in [3.8, 4) is 0 Å². The molecule has 3 rings (SSSR count). The van der Waals surface area contributed by atoms with Gasteiger partial charge in [0, 0.05) is 17.1 Å². The molecule has 0 saturated heterocycles. The smallest absolute Gasteiger partial charge is 0.308 e. The van der Waals surface area contributed by atoms with Crippen LogP contribution in [0.3, 0.4) is 0 Å². The summed E-state index contributed by atoms with van der Waals surface area (Å²) in [5.74, 6) is -0.307. The summed E-state index contributed by atoms with van der Waals surface area (Å²) in [6.45, 7) is 4.63. The number of thiophene rings is 1. The number of nitrogens with zero attached hydrogens (tertiary/aromatic N) is 3. The average Bonchev–Trinajstić information content (AvgIpc) is 3.32. The molecule has 0 saturated carbocycles. The minimum Gasteiger partial charge on any atom is -0.308 e. The van der Waals surface area contributed by atoms with Crippen molar-refractivity contribution < 1.29 is 9.59 Å². The molecule has 0 aliphatic heterocycles. The number of amides is 3. The van der Waals surface area contributed by atoms with E-state index >= 15 is 0 Å². The standard InChI is InChI=1S/C19H21N5O2S2/c1-13-5-6-16(14(2)10-13)21-18(26)22-17(25)11-28-19-23-20-12-24(19)8-7-15-4-3-9-27-15/h3-6,9-10,12H,7-8,11H2,1-2H3,(H2,21,22,25,26). The van der Waals surface area contributed by atoms with Gasteiger partial charge in [-0.15, -0.1) is 21.5 Å². The Hall–Kier alpha value is -2.65. The zero-order chi connectivity index (χ0) is 19.9. The van der Waals surface area contributed by atoms with Crippen molar-refractivity contribution in [2.24, 2.45) is 0 Å². The van der Waals surface area contributed by atoms with E-state index in [9.17, 15) is 9.59 Å². The molecule has 146 valence electrons. The van der Waals surface area contributed by atoms with Crippen LogP contribution in [0.2, 0.25) is 0 Å². The molecule has 0 unspecified atom stereocenters. The molecule has 7 nitrogen and oxygen atoms in total. The van der Waals surface area contributed by atoms with Crippen LogP contribution in [-0.4, -0.2) is 32.5 Å². The summed E-state index contributed by atoms with van der Waals surface area (Å²) in [5.41, 5.74) is 2.73. The van der Waals surface area contributed by atoms with E-state index in [0.717, 1.165) is 24.1 Å². The van der Waals surface area contributed by atoms with Gasteiger partial charge in [0.25, 0.3) is 0 Å². The van der Waals surface area contributed by atoms with E-state index in [-0.39, 0.29) is 11.7 Å². The first kappa shape index (κ1) is 20.1. The van der Waals surface area contributed by atoms with Crippen molar-refractivity contribution in [3.63, 3.8) is 0 Å². The lowest BCUT2D eigenvalue weighted by Gasteiger charge is -2.10. The van der Waals surface area contributed by atoms with Crippen LogP contribution in [-0.2, 0) is 17.8 Å². The fraction of sp³-hybridized carbons (Fsp3) is 0.263. The summed E-state index contributed by atoms with van der Waals surface area (Å²) >= 11 is 2.96. The second kappa shape index (κ2) is 9.52. The first-order chi connectivity index (χ1) is 13.5. The number of aromatic nitrogens is 3. The van der Waals surface area contributed by atoms with Crippen molar-refractivity contribution in [1.29, 1.82) is 0 Å². The Morgan fingerprint density at radius 1 is 1.25 bits per heavy atom. The van der Waals surface area contributed by atoms with E-state index in [1.165, 1.54) is 16.6 Å². The fourth-order valence-corrected chi connectivity index (χ4v) is 4.03. The van der Waals surface area contributed by atoms with Crippen molar-refractivity contribution >= 4 is 40.7 Å². The van der Waals surface area contributed by atoms with Gasteiger partial charge in [-0.2, -0.15) is 0 Å². The summed E-state index contributed by atoms with van der Waals surface area (Å²) < 4.78 is 1.91. The van der Waals surface area contributed by atoms with E-state index in [0.29, 0.717) is 10.8 Å². The number of anilines is 1. The summed E-state index contributed by atoms with van der Waals surface area (Å²) in [6.07, 6.45) is 2.54. The number of carbonyl (C=O) groups is 2. The van der Waals surface area contributed by atoms with Crippen molar-refractivity contribution in [3.05, 3.63) is 58.0 Å². The summed E-state index contributed by atoms with van der Waals surface area (Å²) in [7, 11) is 0. The highest BCUT2D eigenvalue weighted by Crippen LogP contribution is 2.17. The van der Waals surface area contributed by atoms with E-state index in [1.807, 2.05) is 48.1 Å². The molecule has 1 aromatic carbocycles. The molecule has 0 bridgehead atoms. The van der Waals surface area contributed by atoms with Gasteiger partial charge in [-0.05, 0) is 43.3 Å². The average molecular weight is 416 g/mol. The Morgan fingerprint density at radius 3 is 2.86 bits per heavy atom. The molecule has 2 aromatic heterocycles. The Kier molecular flexibility index (Phi) is 6.83. The van der Waals surface area contributed by atoms with E-state index in [2.05, 4.69) is 26.9 Å². The van der Waals surface area contributed by atoms with Gasteiger partial charge in [0.1, 0.15) is 6.33 Å². The number of benzene rings is 1. The van der Waals surface area contributed by atoms with Crippen molar-refractivity contribution in [1.82, 2.24) is 20.1 Å². The van der Waals surface area contributed by atoms with Gasteiger partial charge in [-0.25, -0.2) is 4.79 Å². The van der Waals surface area contributed by atoms with Crippen LogP contribution >= 0.6 is 23.1 Å². The molecule has 3 amide bonds. The molecule has 0 atom stereocenters. The van der Waals surface area contributed by atoms with Crippen LogP contribution in [0.15, 0.2) is 47.2 Å². The van der Waals surface area contributed by atoms with E-state index < -0.39 is 6.03 Å². The monoisotopic (exact) mass is 415 g/mol. The lowest BCUT2D eigenvalue weighted by molar-refractivity contribution is -0.117. The third-order valence-electron chi connectivity index (χ3n) is 3.97. The number of urea groups is 1. The molecule has 0 radical (unpaired) electrons. The zero-order valence-corrected chi connectivity index (χ0v) is 17.3. The first-order valence-corrected chi connectivity index (χ1v) is 10.6. The maximum absolute atomic E-state index is 12.1. The zero-order valence-electron chi connectivity index (χ0n) is 15.6. The highest BCUT2D eigenvalue weighted by Gasteiger charge is 2.12. The molecule has 9 heteroatoms. The van der Waals surface area contributed by atoms with Gasteiger partial charge in [0.05, 0.1) is 5.75 Å². The second-order valence-electron chi connectivity index (χ2n) is 6.25. The van der Waals surface area contributed by atoms with Crippen LogP contribution in [0.5, 0.6) is 0 Å². The van der Waals surface area contributed by atoms with Gasteiger partial charge in [-0.1, -0.05) is 35.5 Å². The number of imide groups is 1. The fourth-order valence-electron chi connectivity index (χ4n) is 2.60. The number of nitrogens with one attached hydrogen (secondary N) is 2. The molecule has 0 aliphatic carbocycles. The lowest BCUT2D eigenvalue weighted by Crippen LogP contribution is -2.35. The van der Waals surface area contributed by atoms with Crippen molar-refractivity contribution in [2.45, 2.75) is 32.0 Å². The molecule has 28 heavy (non-hydrogen) atoms.